The first kappa shape index (κ1) is 21.2. The molecule has 0 spiro atoms. The van der Waals surface area contributed by atoms with E-state index in [9.17, 15) is 18.0 Å². The van der Waals surface area contributed by atoms with Crippen molar-refractivity contribution in [2.24, 2.45) is 0 Å². The van der Waals surface area contributed by atoms with Gasteiger partial charge in [-0.3, -0.25) is 0 Å². The average molecular weight is 444 g/mol. The van der Waals surface area contributed by atoms with Crippen molar-refractivity contribution < 1.29 is 32.0 Å². The van der Waals surface area contributed by atoms with Crippen molar-refractivity contribution in [1.29, 1.82) is 0 Å². The summed E-state index contributed by atoms with van der Waals surface area (Å²) in [5.74, 6) is -0.784. The Morgan fingerprint density at radius 1 is 1.06 bits per heavy atom. The molecule has 0 amide bonds. The summed E-state index contributed by atoms with van der Waals surface area (Å²) < 4.78 is 54.5. The molecule has 4 aromatic rings. The lowest BCUT2D eigenvalue weighted by molar-refractivity contribution is -0.137. The fourth-order valence-electron chi connectivity index (χ4n) is 2.84. The average Bonchev–Trinajstić information content (AvgIpc) is 3.26. The van der Waals surface area contributed by atoms with Crippen LogP contribution in [0.4, 0.5) is 13.2 Å². The fourth-order valence-corrected chi connectivity index (χ4v) is 2.84. The third-order valence-electron chi connectivity index (χ3n) is 4.27. The van der Waals surface area contributed by atoms with Crippen LogP contribution in [0.15, 0.2) is 53.1 Å². The molecule has 0 saturated carbocycles. The number of fused-ring (bicyclic) bond motifs is 1. The van der Waals surface area contributed by atoms with Gasteiger partial charge in [-0.25, -0.2) is 9.78 Å². The predicted molar refractivity (Wildman–Crippen MR) is 105 cm³/mol. The molecule has 2 aromatic heterocycles. The summed E-state index contributed by atoms with van der Waals surface area (Å²) in [5.41, 5.74) is -0.209. The Hall–Kier alpha value is -4.02. The number of alkyl halides is 3. The number of hydrogen-bond donors (Lipinski definition) is 0. The Kier molecular flexibility index (Phi) is 5.71. The lowest BCUT2D eigenvalue weighted by Gasteiger charge is -2.08. The second-order valence-electron chi connectivity index (χ2n) is 6.47. The Bertz CT molecular complexity index is 1270. The summed E-state index contributed by atoms with van der Waals surface area (Å²) in [5, 5.41) is 4.25. The maximum atomic E-state index is 12.9. The van der Waals surface area contributed by atoms with Crippen molar-refractivity contribution in [2.45, 2.75) is 19.7 Å². The van der Waals surface area contributed by atoms with E-state index in [-0.39, 0.29) is 42.2 Å². The zero-order valence-corrected chi connectivity index (χ0v) is 16.6. The first-order chi connectivity index (χ1) is 15.3. The topological polar surface area (TPSA) is 100 Å². The molecule has 0 fully saturated rings. The minimum Gasteiger partial charge on any atom is -0.467 e. The van der Waals surface area contributed by atoms with Crippen LogP contribution in [0.5, 0.6) is 5.88 Å². The fraction of sp³-hybridized carbons (Fsp3) is 0.190. The number of benzene rings is 2. The zero-order valence-electron chi connectivity index (χ0n) is 16.6. The van der Waals surface area contributed by atoms with Crippen LogP contribution in [-0.4, -0.2) is 32.7 Å². The van der Waals surface area contributed by atoms with E-state index in [1.54, 1.807) is 31.2 Å². The van der Waals surface area contributed by atoms with Crippen LogP contribution in [0, 0.1) is 0 Å². The summed E-state index contributed by atoms with van der Waals surface area (Å²) in [6.45, 7) is 1.59. The molecule has 0 saturated heterocycles. The Morgan fingerprint density at radius 3 is 2.66 bits per heavy atom. The number of carbonyl (C=O) groups is 1. The van der Waals surface area contributed by atoms with Crippen LogP contribution in [0.3, 0.4) is 0 Å². The van der Waals surface area contributed by atoms with E-state index in [1.165, 1.54) is 12.1 Å². The van der Waals surface area contributed by atoms with Crippen LogP contribution < -0.4 is 4.74 Å². The largest absolute Gasteiger partial charge is 0.467 e. The Balaban J connectivity index is 1.57. The smallest absolute Gasteiger partial charge is 0.416 e. The molecule has 2 aromatic carbocycles. The summed E-state index contributed by atoms with van der Waals surface area (Å²) in [6.07, 6.45) is -4.49. The molecule has 0 N–H and O–H groups in total. The number of aromatic nitrogens is 4. The van der Waals surface area contributed by atoms with E-state index in [2.05, 4.69) is 20.1 Å². The normalized spacial score (nSPS) is 11.5. The molecule has 0 aliphatic carbocycles. The summed E-state index contributed by atoms with van der Waals surface area (Å²) >= 11 is 0. The number of nitrogens with zero attached hydrogens (tertiary/aromatic N) is 4. The molecule has 11 heteroatoms. The number of ether oxygens (including phenoxy) is 2. The second kappa shape index (κ2) is 8.61. The van der Waals surface area contributed by atoms with E-state index in [4.69, 9.17) is 14.0 Å². The molecule has 8 nitrogen and oxygen atoms in total. The van der Waals surface area contributed by atoms with E-state index in [1.807, 2.05) is 0 Å². The van der Waals surface area contributed by atoms with Crippen molar-refractivity contribution in [3.63, 3.8) is 0 Å². The Morgan fingerprint density at radius 2 is 1.88 bits per heavy atom. The highest BCUT2D eigenvalue weighted by atomic mass is 19.4. The molecule has 164 valence electrons. The molecule has 2 heterocycles. The molecule has 0 aliphatic heterocycles. The van der Waals surface area contributed by atoms with Crippen LogP contribution in [-0.2, 0) is 17.5 Å². The lowest BCUT2D eigenvalue weighted by atomic mass is 10.1. The van der Waals surface area contributed by atoms with Crippen molar-refractivity contribution in [3.05, 3.63) is 65.8 Å². The van der Waals surface area contributed by atoms with Crippen molar-refractivity contribution in [1.82, 2.24) is 20.1 Å². The number of esters is 1. The predicted octanol–water partition coefficient (Wildman–Crippen LogP) is 4.45. The van der Waals surface area contributed by atoms with E-state index in [0.29, 0.717) is 10.9 Å². The number of rotatable bonds is 6. The van der Waals surface area contributed by atoms with Gasteiger partial charge in [-0.05, 0) is 31.2 Å². The van der Waals surface area contributed by atoms with Gasteiger partial charge in [0.25, 0.3) is 5.89 Å². The molecule has 0 unspecified atom stereocenters. The Labute approximate surface area is 179 Å². The first-order valence-electron chi connectivity index (χ1n) is 9.42. The maximum absolute atomic E-state index is 12.9. The number of halogens is 3. The van der Waals surface area contributed by atoms with Gasteiger partial charge in [-0.1, -0.05) is 29.4 Å². The number of carbonyl (C=O) groups excluding carboxylic acids is 1. The monoisotopic (exact) mass is 444 g/mol. The standard InChI is InChI=1S/C21H15F3N4O4/c1-2-30-20(29)18-25-15-9-4-3-8-14(15)19(27-18)31-11-16-26-17(28-32-16)12-6-5-7-13(10-12)21(22,23)24/h3-10H,2,11H2,1H3. The summed E-state index contributed by atoms with van der Waals surface area (Å²) in [4.78, 5) is 24.4. The quantitative estimate of drug-likeness (QED) is 0.402. The number of hydrogen-bond acceptors (Lipinski definition) is 8. The third-order valence-corrected chi connectivity index (χ3v) is 4.27. The summed E-state index contributed by atoms with van der Waals surface area (Å²) in [6, 6.07) is 11.5. The minimum atomic E-state index is -4.49. The van der Waals surface area contributed by atoms with Gasteiger partial charge in [0.1, 0.15) is 0 Å². The molecule has 32 heavy (non-hydrogen) atoms. The van der Waals surface area contributed by atoms with Crippen molar-refractivity contribution >= 4 is 16.9 Å². The second-order valence-corrected chi connectivity index (χ2v) is 6.47. The van der Waals surface area contributed by atoms with Crippen LogP contribution in [0.25, 0.3) is 22.3 Å². The van der Waals surface area contributed by atoms with Gasteiger partial charge in [0.15, 0.2) is 6.61 Å². The molecule has 0 aliphatic rings. The molecular formula is C21H15F3N4O4. The van der Waals surface area contributed by atoms with Gasteiger partial charge < -0.3 is 14.0 Å². The van der Waals surface area contributed by atoms with Crippen LogP contribution >= 0.6 is 0 Å². The highest BCUT2D eigenvalue weighted by Crippen LogP contribution is 2.31. The molecule has 0 radical (unpaired) electrons. The van der Waals surface area contributed by atoms with E-state index in [0.717, 1.165) is 12.1 Å². The van der Waals surface area contributed by atoms with Crippen LogP contribution in [0.2, 0.25) is 0 Å². The zero-order chi connectivity index (χ0) is 22.7. The highest BCUT2D eigenvalue weighted by Gasteiger charge is 2.30. The van der Waals surface area contributed by atoms with Crippen LogP contribution in [0.1, 0.15) is 29.0 Å². The highest BCUT2D eigenvalue weighted by molar-refractivity contribution is 5.90. The van der Waals surface area contributed by atoms with Gasteiger partial charge in [0.05, 0.1) is 23.1 Å². The molecular weight excluding hydrogens is 429 g/mol. The van der Waals surface area contributed by atoms with Gasteiger partial charge >= 0.3 is 12.1 Å². The van der Waals surface area contributed by atoms with Gasteiger partial charge in [-0.15, -0.1) is 0 Å². The summed E-state index contributed by atoms with van der Waals surface area (Å²) in [7, 11) is 0. The van der Waals surface area contributed by atoms with E-state index < -0.39 is 17.7 Å². The minimum absolute atomic E-state index is 0.0118. The van der Waals surface area contributed by atoms with Crippen molar-refractivity contribution in [3.8, 4) is 17.3 Å². The maximum Gasteiger partial charge on any atom is 0.416 e. The molecule has 0 atom stereocenters. The van der Waals surface area contributed by atoms with Gasteiger partial charge in [-0.2, -0.15) is 23.1 Å². The van der Waals surface area contributed by atoms with Crippen molar-refractivity contribution in [2.75, 3.05) is 6.61 Å². The van der Waals surface area contributed by atoms with Gasteiger partial charge in [0, 0.05) is 5.56 Å². The lowest BCUT2D eigenvalue weighted by Crippen LogP contribution is -2.11. The SMILES string of the molecule is CCOC(=O)c1nc(OCc2nc(-c3cccc(C(F)(F)F)c3)no2)c2ccccc2n1. The van der Waals surface area contributed by atoms with Gasteiger partial charge in [0.2, 0.25) is 17.5 Å². The third kappa shape index (κ3) is 4.51. The first-order valence-corrected chi connectivity index (χ1v) is 9.42. The van der Waals surface area contributed by atoms with E-state index >= 15 is 0 Å². The number of para-hydroxylation sites is 1. The molecule has 0 bridgehead atoms. The molecule has 4 rings (SSSR count).